The lowest BCUT2D eigenvalue weighted by Crippen LogP contribution is -1.96. The normalized spacial score (nSPS) is 11.5. The van der Waals surface area contributed by atoms with Crippen LogP contribution in [-0.4, -0.2) is 14.5 Å². The van der Waals surface area contributed by atoms with Crippen LogP contribution in [0.4, 0.5) is 0 Å². The van der Waals surface area contributed by atoms with Gasteiger partial charge in [-0.2, -0.15) is 0 Å². The Bertz CT molecular complexity index is 4350. The van der Waals surface area contributed by atoms with Gasteiger partial charge in [0.25, 0.3) is 0 Å². The lowest BCUT2D eigenvalue weighted by atomic mass is 9.92. The van der Waals surface area contributed by atoms with E-state index in [1.165, 1.54) is 64.3 Å². The van der Waals surface area contributed by atoms with Crippen molar-refractivity contribution in [3.05, 3.63) is 273 Å². The van der Waals surface area contributed by atoms with Crippen LogP contribution in [0.5, 0.6) is 0 Å². The summed E-state index contributed by atoms with van der Waals surface area (Å²) in [7, 11) is 0. The van der Waals surface area contributed by atoms with Crippen LogP contribution in [0.25, 0.3) is 137 Å². The first-order valence-electron chi connectivity index (χ1n) is 25.1. The van der Waals surface area contributed by atoms with Crippen LogP contribution in [0.1, 0.15) is 0 Å². The van der Waals surface area contributed by atoms with Crippen molar-refractivity contribution in [2.24, 2.45) is 0 Å². The average molecular weight is 960 g/mol. The molecular weight excluding hydrogens is 915 g/mol. The fourth-order valence-corrected chi connectivity index (χ4v) is 11.9. The Balaban J connectivity index is 0.942. The Labute approximate surface area is 433 Å². The molecule has 3 aromatic heterocycles. The Hall–Kier alpha value is -9.48. The van der Waals surface area contributed by atoms with E-state index in [2.05, 4.69) is 278 Å². The number of hydrogen-bond acceptors (Lipinski definition) is 3. The molecule has 0 aliphatic rings. The minimum Gasteiger partial charge on any atom is -0.309 e. The summed E-state index contributed by atoms with van der Waals surface area (Å²) in [4.78, 5) is 11.0. The Morgan fingerprint density at radius 3 is 1.45 bits per heavy atom. The molecule has 0 saturated carbocycles. The van der Waals surface area contributed by atoms with Crippen molar-refractivity contribution in [3.8, 4) is 95.2 Å². The first kappa shape index (κ1) is 43.3. The Morgan fingerprint density at radius 1 is 0.270 bits per heavy atom. The number of thiophene rings is 1. The van der Waals surface area contributed by atoms with Crippen molar-refractivity contribution >= 4 is 53.3 Å². The molecule has 0 aliphatic heterocycles. The van der Waals surface area contributed by atoms with Gasteiger partial charge >= 0.3 is 0 Å². The van der Waals surface area contributed by atoms with Gasteiger partial charge in [-0.15, -0.1) is 11.3 Å². The Kier molecular flexibility index (Phi) is 10.7. The maximum absolute atomic E-state index is 5.49. The molecule has 3 nitrogen and oxygen atoms in total. The SMILES string of the molecule is c1ccc(-c2cc(-c3ccccc3)cc(-c3cccc(-c4cc(-c5ccc6sc7ccccc7c6c5)nc(-c5cccc(-c6cccc7c6c6cc(-c8ccccc8)ccc6n7-c6ccccc6)c5)n4)c3)c2)cc1. The van der Waals surface area contributed by atoms with Crippen molar-refractivity contribution in [2.75, 3.05) is 0 Å². The standard InChI is InChI=1S/C70H45N3S/c1-5-18-46(19-6-1)50-34-36-65-62(43-50)69-59(31-17-32-66(69)73(65)58-28-11-4-12-29-58)51-25-16-27-54(39-51)70-71-63(45-64(72-70)53-35-37-68-61(44-53)60-30-13-14-33-67(60)74-68)52-26-15-24-49(38-52)57-41-55(47-20-7-2-8-21-47)40-56(42-57)48-22-9-3-10-23-48/h1-45H. The van der Waals surface area contributed by atoms with Gasteiger partial charge in [0, 0.05) is 53.3 Å². The molecule has 0 bridgehead atoms. The molecule has 0 aliphatic carbocycles. The number of fused-ring (bicyclic) bond motifs is 6. The topological polar surface area (TPSA) is 30.7 Å². The van der Waals surface area contributed by atoms with Crippen LogP contribution in [-0.2, 0) is 0 Å². The van der Waals surface area contributed by atoms with E-state index in [-0.39, 0.29) is 0 Å². The molecule has 0 radical (unpaired) electrons. The van der Waals surface area contributed by atoms with Crippen LogP contribution in [0.2, 0.25) is 0 Å². The van der Waals surface area contributed by atoms with E-state index in [1.54, 1.807) is 0 Å². The van der Waals surface area contributed by atoms with Gasteiger partial charge in [0.15, 0.2) is 5.82 Å². The van der Waals surface area contributed by atoms with Gasteiger partial charge in [-0.1, -0.05) is 188 Å². The van der Waals surface area contributed by atoms with Gasteiger partial charge in [-0.3, -0.25) is 0 Å². The number of aromatic nitrogens is 3. The number of nitrogens with zero attached hydrogens (tertiary/aromatic N) is 3. The lowest BCUT2D eigenvalue weighted by Gasteiger charge is -2.14. The number of benzene rings is 11. The lowest BCUT2D eigenvalue weighted by molar-refractivity contribution is 1.18. The van der Waals surface area contributed by atoms with Gasteiger partial charge in [0.2, 0.25) is 0 Å². The molecule has 4 heteroatoms. The van der Waals surface area contributed by atoms with Crippen molar-refractivity contribution < 1.29 is 0 Å². The summed E-state index contributed by atoms with van der Waals surface area (Å²) in [5.41, 5.74) is 19.8. The highest BCUT2D eigenvalue weighted by atomic mass is 32.1. The third kappa shape index (κ3) is 7.86. The quantitative estimate of drug-likeness (QED) is 0.144. The van der Waals surface area contributed by atoms with Crippen LogP contribution in [0.3, 0.4) is 0 Å². The summed E-state index contributed by atoms with van der Waals surface area (Å²) in [6.45, 7) is 0. The number of hydrogen-bond donors (Lipinski definition) is 0. The highest BCUT2D eigenvalue weighted by Crippen LogP contribution is 2.43. The van der Waals surface area contributed by atoms with Crippen LogP contribution >= 0.6 is 11.3 Å². The van der Waals surface area contributed by atoms with Crippen molar-refractivity contribution in [1.82, 2.24) is 14.5 Å². The molecule has 3 heterocycles. The smallest absolute Gasteiger partial charge is 0.160 e. The molecule has 0 fully saturated rings. The minimum atomic E-state index is 0.669. The van der Waals surface area contributed by atoms with E-state index in [4.69, 9.17) is 9.97 Å². The van der Waals surface area contributed by atoms with Gasteiger partial charge < -0.3 is 4.57 Å². The highest BCUT2D eigenvalue weighted by Gasteiger charge is 2.19. The van der Waals surface area contributed by atoms with Crippen molar-refractivity contribution in [2.45, 2.75) is 0 Å². The third-order valence-electron chi connectivity index (χ3n) is 14.4. The van der Waals surface area contributed by atoms with Crippen LogP contribution in [0.15, 0.2) is 273 Å². The summed E-state index contributed by atoms with van der Waals surface area (Å²) in [5, 5.41) is 4.90. The molecule has 11 aromatic carbocycles. The number of rotatable bonds is 9. The summed E-state index contributed by atoms with van der Waals surface area (Å²) < 4.78 is 4.94. The Morgan fingerprint density at radius 2 is 0.743 bits per heavy atom. The van der Waals surface area contributed by atoms with E-state index in [1.807, 2.05) is 11.3 Å². The minimum absolute atomic E-state index is 0.669. The summed E-state index contributed by atoms with van der Waals surface area (Å²) in [5.74, 6) is 0.669. The average Bonchev–Trinajstić information content (AvgIpc) is 4.05. The summed E-state index contributed by atoms with van der Waals surface area (Å²) >= 11 is 1.83. The molecule has 0 unspecified atom stereocenters. The van der Waals surface area contributed by atoms with Crippen LogP contribution < -0.4 is 0 Å². The fourth-order valence-electron chi connectivity index (χ4n) is 10.8. The molecule has 14 rings (SSSR count). The molecular formula is C70H45N3S. The second-order valence-electron chi connectivity index (χ2n) is 18.9. The van der Waals surface area contributed by atoms with E-state index < -0.39 is 0 Å². The molecule has 0 spiro atoms. The maximum Gasteiger partial charge on any atom is 0.160 e. The maximum atomic E-state index is 5.49. The number of para-hydroxylation sites is 1. The molecule has 0 amide bonds. The second-order valence-corrected chi connectivity index (χ2v) is 20.0. The molecule has 14 aromatic rings. The monoisotopic (exact) mass is 959 g/mol. The van der Waals surface area contributed by atoms with E-state index >= 15 is 0 Å². The fraction of sp³-hybridized carbons (Fsp3) is 0. The third-order valence-corrected chi connectivity index (χ3v) is 15.5. The van der Waals surface area contributed by atoms with Crippen molar-refractivity contribution in [3.63, 3.8) is 0 Å². The largest absolute Gasteiger partial charge is 0.309 e. The van der Waals surface area contributed by atoms with Gasteiger partial charge in [-0.05, 0) is 141 Å². The predicted octanol–water partition coefficient (Wildman–Crippen LogP) is 19.3. The van der Waals surface area contributed by atoms with Gasteiger partial charge in [0.1, 0.15) is 0 Å². The molecule has 0 saturated heterocycles. The molecule has 346 valence electrons. The molecule has 0 atom stereocenters. The second kappa shape index (κ2) is 18.3. The zero-order valence-corrected chi connectivity index (χ0v) is 41.0. The van der Waals surface area contributed by atoms with Gasteiger partial charge in [0.05, 0.1) is 22.4 Å². The summed E-state index contributed by atoms with van der Waals surface area (Å²) in [6, 6.07) is 98.4. The van der Waals surface area contributed by atoms with Crippen molar-refractivity contribution in [1.29, 1.82) is 0 Å². The highest BCUT2D eigenvalue weighted by molar-refractivity contribution is 7.25. The zero-order valence-electron chi connectivity index (χ0n) is 40.2. The van der Waals surface area contributed by atoms with Crippen LogP contribution in [0, 0.1) is 0 Å². The predicted molar refractivity (Wildman–Crippen MR) is 313 cm³/mol. The van der Waals surface area contributed by atoms with E-state index in [0.29, 0.717) is 5.82 Å². The van der Waals surface area contributed by atoms with E-state index in [0.717, 1.165) is 67.1 Å². The van der Waals surface area contributed by atoms with E-state index in [9.17, 15) is 0 Å². The summed E-state index contributed by atoms with van der Waals surface area (Å²) in [6.07, 6.45) is 0. The molecule has 74 heavy (non-hydrogen) atoms. The zero-order chi connectivity index (χ0) is 49.0. The first-order chi connectivity index (χ1) is 36.6. The first-order valence-corrected chi connectivity index (χ1v) is 25.9. The molecule has 0 N–H and O–H groups in total. The van der Waals surface area contributed by atoms with Gasteiger partial charge in [-0.25, -0.2) is 9.97 Å².